The van der Waals surface area contributed by atoms with Gasteiger partial charge in [-0.25, -0.2) is 0 Å². The molecule has 1 amide bonds. The van der Waals surface area contributed by atoms with Gasteiger partial charge in [-0.05, 0) is 26.2 Å². The highest BCUT2D eigenvalue weighted by atomic mass is 16.4. The van der Waals surface area contributed by atoms with Crippen molar-refractivity contribution in [1.29, 1.82) is 0 Å². The summed E-state index contributed by atoms with van der Waals surface area (Å²) in [5, 5.41) is 20.6. The van der Waals surface area contributed by atoms with Crippen molar-refractivity contribution in [2.24, 2.45) is 5.92 Å². The molecule has 0 heterocycles. The molecule has 0 radical (unpaired) electrons. The number of carbonyl (C=O) groups is 2. The fourth-order valence-corrected chi connectivity index (χ4v) is 1.45. The van der Waals surface area contributed by atoms with Gasteiger partial charge in [-0.2, -0.15) is 0 Å². The number of amides is 1. The molecule has 0 spiro atoms. The standard InChI is InChI=1S/C10H19NO4/c1-3-8(11-6-12)4-5-9(7(2)13)10(14)15/h6-9,13H,3-5H2,1-2H3,(H,11,12)(H,14,15). The van der Waals surface area contributed by atoms with Gasteiger partial charge in [-0.1, -0.05) is 6.92 Å². The number of carboxylic acid groups (broad SMARTS) is 1. The average Bonchev–Trinajstić information content (AvgIpc) is 2.15. The van der Waals surface area contributed by atoms with Crippen LogP contribution in [0.25, 0.3) is 0 Å². The number of hydrogen-bond donors (Lipinski definition) is 3. The summed E-state index contributed by atoms with van der Waals surface area (Å²) in [6.45, 7) is 3.38. The molecule has 3 N–H and O–H groups in total. The van der Waals surface area contributed by atoms with Crippen molar-refractivity contribution in [1.82, 2.24) is 5.32 Å². The lowest BCUT2D eigenvalue weighted by atomic mass is 9.95. The molecule has 5 heteroatoms. The third-order valence-corrected chi connectivity index (χ3v) is 2.52. The fraction of sp³-hybridized carbons (Fsp3) is 0.800. The summed E-state index contributed by atoms with van der Waals surface area (Å²) >= 11 is 0. The molecule has 0 aliphatic carbocycles. The van der Waals surface area contributed by atoms with Gasteiger partial charge in [0.1, 0.15) is 0 Å². The summed E-state index contributed by atoms with van der Waals surface area (Å²) in [7, 11) is 0. The maximum Gasteiger partial charge on any atom is 0.309 e. The van der Waals surface area contributed by atoms with E-state index in [9.17, 15) is 14.7 Å². The van der Waals surface area contributed by atoms with Gasteiger partial charge in [-0.15, -0.1) is 0 Å². The lowest BCUT2D eigenvalue weighted by Gasteiger charge is -2.19. The largest absolute Gasteiger partial charge is 0.481 e. The van der Waals surface area contributed by atoms with E-state index in [1.54, 1.807) is 0 Å². The van der Waals surface area contributed by atoms with Gasteiger partial charge in [0.05, 0.1) is 12.0 Å². The first-order valence-corrected chi connectivity index (χ1v) is 5.13. The topological polar surface area (TPSA) is 86.6 Å². The minimum Gasteiger partial charge on any atom is -0.481 e. The lowest BCUT2D eigenvalue weighted by molar-refractivity contribution is -0.145. The third kappa shape index (κ3) is 5.37. The van der Waals surface area contributed by atoms with Crippen molar-refractivity contribution in [2.75, 3.05) is 0 Å². The second-order valence-electron chi connectivity index (χ2n) is 3.65. The molecule has 3 atom stereocenters. The average molecular weight is 217 g/mol. The Morgan fingerprint density at radius 2 is 2.07 bits per heavy atom. The first kappa shape index (κ1) is 13.9. The molecule has 0 aromatic carbocycles. The van der Waals surface area contributed by atoms with E-state index in [1.807, 2.05) is 6.92 Å². The normalized spacial score (nSPS) is 16.5. The Morgan fingerprint density at radius 1 is 1.47 bits per heavy atom. The van der Waals surface area contributed by atoms with Crippen LogP contribution >= 0.6 is 0 Å². The molecule has 88 valence electrons. The summed E-state index contributed by atoms with van der Waals surface area (Å²) in [6.07, 6.45) is 1.44. The molecule has 5 nitrogen and oxygen atoms in total. The monoisotopic (exact) mass is 217 g/mol. The van der Waals surface area contributed by atoms with E-state index in [-0.39, 0.29) is 6.04 Å². The second-order valence-corrected chi connectivity index (χ2v) is 3.65. The predicted octanol–water partition coefficient (Wildman–Crippen LogP) is 0.373. The molecule has 0 saturated heterocycles. The van der Waals surface area contributed by atoms with Crippen LogP contribution in [-0.2, 0) is 9.59 Å². The van der Waals surface area contributed by atoms with Crippen molar-refractivity contribution in [3.8, 4) is 0 Å². The highest BCUT2D eigenvalue weighted by Crippen LogP contribution is 2.14. The zero-order chi connectivity index (χ0) is 11.8. The van der Waals surface area contributed by atoms with Crippen molar-refractivity contribution in [3.05, 3.63) is 0 Å². The maximum absolute atomic E-state index is 10.7. The Hall–Kier alpha value is -1.10. The number of aliphatic hydroxyl groups excluding tert-OH is 1. The van der Waals surface area contributed by atoms with Crippen molar-refractivity contribution < 1.29 is 19.8 Å². The van der Waals surface area contributed by atoms with Crippen LogP contribution in [0.1, 0.15) is 33.1 Å². The molecule has 0 aliphatic heterocycles. The van der Waals surface area contributed by atoms with E-state index in [2.05, 4.69) is 5.32 Å². The van der Waals surface area contributed by atoms with Crippen molar-refractivity contribution in [2.45, 2.75) is 45.3 Å². The molecule has 15 heavy (non-hydrogen) atoms. The summed E-state index contributed by atoms with van der Waals surface area (Å²) in [5.74, 6) is -1.75. The summed E-state index contributed by atoms with van der Waals surface area (Å²) in [5.41, 5.74) is 0. The van der Waals surface area contributed by atoms with E-state index < -0.39 is 18.0 Å². The fourth-order valence-electron chi connectivity index (χ4n) is 1.45. The second kappa shape index (κ2) is 7.23. The number of hydrogen-bond acceptors (Lipinski definition) is 3. The van der Waals surface area contributed by atoms with Gasteiger partial charge in [0.25, 0.3) is 0 Å². The number of aliphatic carboxylic acids is 1. The quantitative estimate of drug-likeness (QED) is 0.513. The van der Waals surface area contributed by atoms with Gasteiger partial charge < -0.3 is 15.5 Å². The van der Waals surface area contributed by atoms with Gasteiger partial charge >= 0.3 is 5.97 Å². The molecule has 0 saturated carbocycles. The maximum atomic E-state index is 10.7. The minimum absolute atomic E-state index is 0.0110. The lowest BCUT2D eigenvalue weighted by Crippen LogP contribution is -2.31. The minimum atomic E-state index is -0.994. The Morgan fingerprint density at radius 3 is 2.40 bits per heavy atom. The van der Waals surface area contributed by atoms with Gasteiger partial charge in [-0.3, -0.25) is 9.59 Å². The van der Waals surface area contributed by atoms with Crippen LogP contribution in [0.4, 0.5) is 0 Å². The Kier molecular flexibility index (Phi) is 6.70. The zero-order valence-electron chi connectivity index (χ0n) is 9.14. The molecule has 0 aromatic heterocycles. The van der Waals surface area contributed by atoms with Crippen molar-refractivity contribution in [3.63, 3.8) is 0 Å². The van der Waals surface area contributed by atoms with Crippen LogP contribution in [0.2, 0.25) is 0 Å². The van der Waals surface area contributed by atoms with Crippen LogP contribution in [0.3, 0.4) is 0 Å². The third-order valence-electron chi connectivity index (χ3n) is 2.52. The van der Waals surface area contributed by atoms with Gasteiger partial charge in [0, 0.05) is 6.04 Å². The zero-order valence-corrected chi connectivity index (χ0v) is 9.14. The molecule has 0 aliphatic rings. The van der Waals surface area contributed by atoms with E-state index in [4.69, 9.17) is 5.11 Å². The Bertz CT molecular complexity index is 206. The number of aliphatic hydroxyl groups is 1. The Labute approximate surface area is 89.5 Å². The molecular formula is C10H19NO4. The van der Waals surface area contributed by atoms with Gasteiger partial charge in [0.15, 0.2) is 0 Å². The van der Waals surface area contributed by atoms with E-state index in [0.29, 0.717) is 19.3 Å². The summed E-state index contributed by atoms with van der Waals surface area (Å²) in [6, 6.07) is -0.0110. The first-order valence-electron chi connectivity index (χ1n) is 5.13. The molecule has 0 fully saturated rings. The number of carboxylic acids is 1. The van der Waals surface area contributed by atoms with Crippen LogP contribution < -0.4 is 5.32 Å². The van der Waals surface area contributed by atoms with Crippen LogP contribution in [0, 0.1) is 5.92 Å². The number of carbonyl (C=O) groups excluding carboxylic acids is 1. The van der Waals surface area contributed by atoms with Crippen molar-refractivity contribution >= 4 is 12.4 Å². The highest BCUT2D eigenvalue weighted by Gasteiger charge is 2.23. The van der Waals surface area contributed by atoms with Crippen LogP contribution in [-0.4, -0.2) is 34.7 Å². The number of nitrogens with one attached hydrogen (secondary N) is 1. The number of rotatable bonds is 8. The predicted molar refractivity (Wildman–Crippen MR) is 55.3 cm³/mol. The highest BCUT2D eigenvalue weighted by molar-refractivity contribution is 5.70. The van der Waals surface area contributed by atoms with E-state index in [0.717, 1.165) is 6.42 Å². The molecular weight excluding hydrogens is 198 g/mol. The van der Waals surface area contributed by atoms with Gasteiger partial charge in [0.2, 0.25) is 6.41 Å². The molecule has 0 bridgehead atoms. The summed E-state index contributed by atoms with van der Waals surface area (Å²) < 4.78 is 0. The molecule has 0 aromatic rings. The first-order chi connectivity index (χ1) is 7.02. The Balaban J connectivity index is 4.07. The van der Waals surface area contributed by atoms with Crippen LogP contribution in [0.5, 0.6) is 0 Å². The van der Waals surface area contributed by atoms with E-state index >= 15 is 0 Å². The SMILES string of the molecule is CCC(CCC(C(=O)O)C(C)O)NC=O. The van der Waals surface area contributed by atoms with E-state index in [1.165, 1.54) is 6.92 Å². The van der Waals surface area contributed by atoms with Crippen LogP contribution in [0.15, 0.2) is 0 Å². The smallest absolute Gasteiger partial charge is 0.309 e. The molecule has 0 rings (SSSR count). The summed E-state index contributed by atoms with van der Waals surface area (Å²) in [4.78, 5) is 21.0. The molecule has 3 unspecified atom stereocenters.